The molecule has 0 N–H and O–H groups in total. The highest BCUT2D eigenvalue weighted by Crippen LogP contribution is 2.33. The maximum Gasteiger partial charge on any atom is 0.283 e. The van der Waals surface area contributed by atoms with Crippen LogP contribution in [0.2, 0.25) is 0 Å². The van der Waals surface area contributed by atoms with Gasteiger partial charge in [-0.1, -0.05) is 12.5 Å². The predicted octanol–water partition coefficient (Wildman–Crippen LogP) is 1.83. The van der Waals surface area contributed by atoms with Crippen LogP contribution in [-0.2, 0) is 14.2 Å². The van der Waals surface area contributed by atoms with Gasteiger partial charge in [0.25, 0.3) is 5.97 Å². The van der Waals surface area contributed by atoms with Gasteiger partial charge in [0.05, 0.1) is 13.2 Å². The molecule has 3 nitrogen and oxygen atoms in total. The third-order valence-corrected chi connectivity index (χ3v) is 2.51. The Morgan fingerprint density at radius 2 is 2.15 bits per heavy atom. The van der Waals surface area contributed by atoms with Gasteiger partial charge in [-0.15, -0.1) is 6.58 Å². The first-order valence-electron chi connectivity index (χ1n) is 4.93. The summed E-state index contributed by atoms with van der Waals surface area (Å²) in [6.45, 7) is 5.00. The van der Waals surface area contributed by atoms with Crippen LogP contribution >= 0.6 is 0 Å². The smallest absolute Gasteiger partial charge is 0.283 e. The first kappa shape index (κ1) is 9.19. The molecule has 0 saturated carbocycles. The molecular weight excluding hydrogens is 168 g/mol. The third kappa shape index (κ3) is 1.93. The highest BCUT2D eigenvalue weighted by atomic mass is 16.9. The van der Waals surface area contributed by atoms with Crippen molar-refractivity contribution in [2.45, 2.75) is 37.8 Å². The fourth-order valence-corrected chi connectivity index (χ4v) is 1.75. The molecule has 2 heterocycles. The molecule has 0 radical (unpaired) electrons. The van der Waals surface area contributed by atoms with Crippen molar-refractivity contribution in [2.75, 3.05) is 13.2 Å². The van der Waals surface area contributed by atoms with Gasteiger partial charge >= 0.3 is 0 Å². The fraction of sp³-hybridized carbons (Fsp3) is 0.800. The summed E-state index contributed by atoms with van der Waals surface area (Å²) in [5, 5.41) is 0. The van der Waals surface area contributed by atoms with E-state index in [1.807, 2.05) is 0 Å². The maximum absolute atomic E-state index is 5.66. The Bertz CT molecular complexity index is 183. The van der Waals surface area contributed by atoms with Crippen molar-refractivity contribution in [2.24, 2.45) is 0 Å². The standard InChI is InChI=1S/C10H16O3/c1-2-9-8-12-10(13-9)6-4-3-5-7-11-10/h2,9H,1,3-8H2. The lowest BCUT2D eigenvalue weighted by atomic mass is 10.2. The second-order valence-corrected chi connectivity index (χ2v) is 3.55. The third-order valence-electron chi connectivity index (χ3n) is 2.51. The van der Waals surface area contributed by atoms with E-state index >= 15 is 0 Å². The number of ether oxygens (including phenoxy) is 3. The Hall–Kier alpha value is -0.380. The van der Waals surface area contributed by atoms with Crippen LogP contribution in [-0.4, -0.2) is 25.3 Å². The van der Waals surface area contributed by atoms with Gasteiger partial charge in [0.15, 0.2) is 0 Å². The summed E-state index contributed by atoms with van der Waals surface area (Å²) in [7, 11) is 0. The summed E-state index contributed by atoms with van der Waals surface area (Å²) in [5.74, 6) is -0.741. The normalized spacial score (nSPS) is 40.5. The van der Waals surface area contributed by atoms with Gasteiger partial charge < -0.3 is 14.2 Å². The van der Waals surface area contributed by atoms with Crippen molar-refractivity contribution in [3.63, 3.8) is 0 Å². The largest absolute Gasteiger partial charge is 0.327 e. The molecule has 74 valence electrons. The second kappa shape index (κ2) is 3.78. The zero-order chi connectivity index (χ0) is 9.15. The van der Waals surface area contributed by atoms with Crippen molar-refractivity contribution < 1.29 is 14.2 Å². The van der Waals surface area contributed by atoms with Crippen molar-refractivity contribution in [1.82, 2.24) is 0 Å². The Labute approximate surface area is 78.7 Å². The van der Waals surface area contributed by atoms with Crippen molar-refractivity contribution >= 4 is 0 Å². The molecule has 2 atom stereocenters. The minimum atomic E-state index is -0.741. The van der Waals surface area contributed by atoms with E-state index in [1.54, 1.807) is 6.08 Å². The van der Waals surface area contributed by atoms with E-state index in [9.17, 15) is 0 Å². The first-order valence-corrected chi connectivity index (χ1v) is 4.93. The molecular formula is C10H16O3. The number of rotatable bonds is 1. The van der Waals surface area contributed by atoms with Crippen LogP contribution in [0.1, 0.15) is 25.7 Å². The zero-order valence-electron chi connectivity index (χ0n) is 7.83. The predicted molar refractivity (Wildman–Crippen MR) is 48.2 cm³/mol. The van der Waals surface area contributed by atoms with Gasteiger partial charge in [-0.3, -0.25) is 0 Å². The molecule has 1 spiro atoms. The number of hydrogen-bond donors (Lipinski definition) is 0. The quantitative estimate of drug-likeness (QED) is 0.582. The fourth-order valence-electron chi connectivity index (χ4n) is 1.75. The molecule has 13 heavy (non-hydrogen) atoms. The summed E-state index contributed by atoms with van der Waals surface area (Å²) in [4.78, 5) is 0. The molecule has 0 amide bonds. The lowest BCUT2D eigenvalue weighted by Crippen LogP contribution is -2.33. The van der Waals surface area contributed by atoms with E-state index in [0.717, 1.165) is 25.9 Å². The molecule has 2 aliphatic heterocycles. The lowest BCUT2D eigenvalue weighted by Gasteiger charge is -2.25. The lowest BCUT2D eigenvalue weighted by molar-refractivity contribution is -0.334. The van der Waals surface area contributed by atoms with Crippen LogP contribution in [0.5, 0.6) is 0 Å². The van der Waals surface area contributed by atoms with Crippen LogP contribution in [0.15, 0.2) is 12.7 Å². The highest BCUT2D eigenvalue weighted by Gasteiger charge is 2.42. The van der Waals surface area contributed by atoms with Crippen molar-refractivity contribution in [3.05, 3.63) is 12.7 Å². The average Bonchev–Trinajstić information content (AvgIpc) is 2.40. The molecule has 2 fully saturated rings. The van der Waals surface area contributed by atoms with Crippen LogP contribution in [0, 0.1) is 0 Å². The average molecular weight is 184 g/mol. The molecule has 2 aliphatic rings. The summed E-state index contributed by atoms with van der Waals surface area (Å²) >= 11 is 0. The Morgan fingerprint density at radius 3 is 2.92 bits per heavy atom. The molecule has 0 aromatic heterocycles. The first-order chi connectivity index (χ1) is 6.35. The molecule has 2 unspecified atom stereocenters. The van der Waals surface area contributed by atoms with Gasteiger partial charge in [-0.25, -0.2) is 0 Å². The molecule has 0 aliphatic carbocycles. The van der Waals surface area contributed by atoms with E-state index in [1.165, 1.54) is 6.42 Å². The molecule has 0 aromatic rings. The highest BCUT2D eigenvalue weighted by molar-refractivity contribution is 4.85. The van der Waals surface area contributed by atoms with Crippen LogP contribution < -0.4 is 0 Å². The summed E-state index contributed by atoms with van der Waals surface area (Å²) in [6, 6.07) is 0. The topological polar surface area (TPSA) is 27.7 Å². The Kier molecular flexibility index (Phi) is 2.67. The van der Waals surface area contributed by atoms with Gasteiger partial charge in [0, 0.05) is 6.42 Å². The monoisotopic (exact) mass is 184 g/mol. The summed E-state index contributed by atoms with van der Waals surface area (Å²) in [6.07, 6.45) is 6.03. The van der Waals surface area contributed by atoms with Gasteiger partial charge in [-0.2, -0.15) is 0 Å². The molecule has 2 saturated heterocycles. The minimum Gasteiger partial charge on any atom is -0.327 e. The Balaban J connectivity index is 1.98. The second-order valence-electron chi connectivity index (χ2n) is 3.55. The number of hydrogen-bond acceptors (Lipinski definition) is 3. The van der Waals surface area contributed by atoms with E-state index < -0.39 is 5.97 Å². The van der Waals surface area contributed by atoms with E-state index in [0.29, 0.717) is 6.61 Å². The SMILES string of the molecule is C=CC1COC2(CCCCCO2)O1. The zero-order valence-corrected chi connectivity index (χ0v) is 7.83. The maximum atomic E-state index is 5.66. The van der Waals surface area contributed by atoms with Crippen LogP contribution in [0.3, 0.4) is 0 Å². The van der Waals surface area contributed by atoms with Crippen LogP contribution in [0.25, 0.3) is 0 Å². The van der Waals surface area contributed by atoms with E-state index in [2.05, 4.69) is 6.58 Å². The molecule has 0 bridgehead atoms. The van der Waals surface area contributed by atoms with E-state index in [-0.39, 0.29) is 6.10 Å². The van der Waals surface area contributed by atoms with Crippen molar-refractivity contribution in [1.29, 1.82) is 0 Å². The van der Waals surface area contributed by atoms with Crippen LogP contribution in [0.4, 0.5) is 0 Å². The minimum absolute atomic E-state index is 0.00176. The molecule has 2 rings (SSSR count). The van der Waals surface area contributed by atoms with Gasteiger partial charge in [0.2, 0.25) is 0 Å². The Morgan fingerprint density at radius 1 is 1.23 bits per heavy atom. The summed E-state index contributed by atoms with van der Waals surface area (Å²) in [5.41, 5.74) is 0. The van der Waals surface area contributed by atoms with E-state index in [4.69, 9.17) is 14.2 Å². The molecule has 3 heteroatoms. The van der Waals surface area contributed by atoms with Crippen molar-refractivity contribution in [3.8, 4) is 0 Å². The summed E-state index contributed by atoms with van der Waals surface area (Å²) < 4.78 is 16.8. The van der Waals surface area contributed by atoms with Gasteiger partial charge in [0.1, 0.15) is 6.10 Å². The van der Waals surface area contributed by atoms with Gasteiger partial charge in [-0.05, 0) is 12.8 Å². The molecule has 0 aromatic carbocycles.